The molecule has 0 N–H and O–H groups in total. The van der Waals surface area contributed by atoms with E-state index < -0.39 is 5.60 Å². The number of ether oxygens (including phenoxy) is 1. The molecule has 22 heavy (non-hydrogen) atoms. The van der Waals surface area contributed by atoms with Gasteiger partial charge >= 0.3 is 6.09 Å². The molecule has 7 heteroatoms. The number of aromatic nitrogens is 1. The number of nitrogens with zero attached hydrogens (tertiary/aromatic N) is 3. The lowest BCUT2D eigenvalue weighted by Crippen LogP contribution is -2.60. The number of carbonyl (C=O) groups is 2. The minimum absolute atomic E-state index is 0.0231. The van der Waals surface area contributed by atoms with E-state index in [2.05, 4.69) is 4.98 Å². The van der Waals surface area contributed by atoms with Gasteiger partial charge in [0.05, 0.1) is 23.8 Å². The van der Waals surface area contributed by atoms with Gasteiger partial charge in [0.15, 0.2) is 0 Å². The largest absolute Gasteiger partial charge is 0.444 e. The molecule has 1 aromatic rings. The van der Waals surface area contributed by atoms with Crippen molar-refractivity contribution in [1.29, 1.82) is 0 Å². The Hall–Kier alpha value is -1.63. The van der Waals surface area contributed by atoms with E-state index in [1.54, 1.807) is 21.5 Å². The average Bonchev–Trinajstić information content (AvgIpc) is 2.88. The summed E-state index contributed by atoms with van der Waals surface area (Å²) in [5, 5.41) is 0. The lowest BCUT2D eigenvalue weighted by molar-refractivity contribution is -0.0129. The second-order valence-electron chi connectivity index (χ2n) is 6.66. The molecule has 1 fully saturated rings. The Balaban J connectivity index is 2.06. The molecule has 0 unspecified atom stereocenters. The number of hydrogen-bond acceptors (Lipinski definition) is 5. The third-order valence-electron chi connectivity index (χ3n) is 3.45. The van der Waals surface area contributed by atoms with Gasteiger partial charge in [0.2, 0.25) is 0 Å². The van der Waals surface area contributed by atoms with Crippen LogP contribution in [-0.4, -0.2) is 57.6 Å². The molecule has 1 aliphatic rings. The minimum Gasteiger partial charge on any atom is -0.444 e. The van der Waals surface area contributed by atoms with Gasteiger partial charge in [0.1, 0.15) is 10.5 Å². The summed E-state index contributed by atoms with van der Waals surface area (Å²) in [4.78, 5) is 32.8. The highest BCUT2D eigenvalue weighted by Gasteiger charge is 2.37. The highest BCUT2D eigenvalue weighted by Crippen LogP contribution is 2.22. The van der Waals surface area contributed by atoms with Crippen LogP contribution in [0.5, 0.6) is 0 Å². The molecule has 0 aliphatic carbocycles. The smallest absolute Gasteiger partial charge is 0.410 e. The van der Waals surface area contributed by atoms with Crippen molar-refractivity contribution in [3.8, 4) is 0 Å². The van der Waals surface area contributed by atoms with Crippen molar-refractivity contribution < 1.29 is 14.3 Å². The predicted molar refractivity (Wildman–Crippen MR) is 85.0 cm³/mol. The SMILES string of the molecule is C[C@@H]1CN(C(=O)c2cncs2)C[C@H](C)N1C(=O)OC(C)(C)C. The van der Waals surface area contributed by atoms with E-state index in [1.807, 2.05) is 34.6 Å². The number of carbonyl (C=O) groups excluding carboxylic acids is 2. The number of rotatable bonds is 1. The fraction of sp³-hybridized carbons (Fsp3) is 0.667. The second kappa shape index (κ2) is 6.24. The molecule has 2 atom stereocenters. The summed E-state index contributed by atoms with van der Waals surface area (Å²) in [6.07, 6.45) is 1.26. The maximum absolute atomic E-state index is 12.4. The van der Waals surface area contributed by atoms with Gasteiger partial charge in [-0.2, -0.15) is 0 Å². The Labute approximate surface area is 135 Å². The zero-order chi connectivity index (χ0) is 16.5. The highest BCUT2D eigenvalue weighted by atomic mass is 32.1. The fourth-order valence-electron chi connectivity index (χ4n) is 2.64. The lowest BCUT2D eigenvalue weighted by Gasteiger charge is -2.44. The monoisotopic (exact) mass is 325 g/mol. The fourth-order valence-corrected chi connectivity index (χ4v) is 3.23. The van der Waals surface area contributed by atoms with Gasteiger partial charge in [-0.3, -0.25) is 14.7 Å². The van der Waals surface area contributed by atoms with Crippen molar-refractivity contribution >= 4 is 23.3 Å². The molecule has 2 rings (SSSR count). The van der Waals surface area contributed by atoms with Crippen LogP contribution >= 0.6 is 11.3 Å². The molecular formula is C15H23N3O3S. The van der Waals surface area contributed by atoms with Crippen molar-refractivity contribution in [2.75, 3.05) is 13.1 Å². The van der Waals surface area contributed by atoms with Crippen LogP contribution in [-0.2, 0) is 4.74 Å². The zero-order valence-corrected chi connectivity index (χ0v) is 14.5. The first-order chi connectivity index (χ1) is 10.2. The van der Waals surface area contributed by atoms with Gasteiger partial charge in [0, 0.05) is 13.1 Å². The number of amides is 2. The van der Waals surface area contributed by atoms with Crippen molar-refractivity contribution in [2.45, 2.75) is 52.3 Å². The van der Waals surface area contributed by atoms with E-state index in [9.17, 15) is 9.59 Å². The number of piperazine rings is 1. The summed E-state index contributed by atoms with van der Waals surface area (Å²) in [5.74, 6) is -0.0231. The van der Waals surface area contributed by atoms with E-state index in [1.165, 1.54) is 11.3 Å². The van der Waals surface area contributed by atoms with Crippen LogP contribution in [0.4, 0.5) is 4.79 Å². The number of hydrogen-bond donors (Lipinski definition) is 0. The van der Waals surface area contributed by atoms with Gasteiger partial charge in [-0.05, 0) is 34.6 Å². The summed E-state index contributed by atoms with van der Waals surface area (Å²) in [5.41, 5.74) is 1.13. The Morgan fingerprint density at radius 2 is 1.86 bits per heavy atom. The van der Waals surface area contributed by atoms with Crippen LogP contribution in [0.25, 0.3) is 0 Å². The topological polar surface area (TPSA) is 62.7 Å². The molecule has 2 amide bonds. The van der Waals surface area contributed by atoms with Gasteiger partial charge < -0.3 is 9.64 Å². The summed E-state index contributed by atoms with van der Waals surface area (Å²) in [6, 6.07) is -0.175. The van der Waals surface area contributed by atoms with Crippen molar-refractivity contribution in [1.82, 2.24) is 14.8 Å². The van der Waals surface area contributed by atoms with Crippen LogP contribution in [0.2, 0.25) is 0 Å². The standard InChI is InChI=1S/C15H23N3O3S/c1-10-7-17(13(19)12-6-16-9-22-12)8-11(2)18(10)14(20)21-15(3,4)5/h6,9-11H,7-8H2,1-5H3/t10-,11+. The molecule has 0 bridgehead atoms. The molecule has 6 nitrogen and oxygen atoms in total. The molecule has 1 aromatic heterocycles. The molecule has 2 heterocycles. The summed E-state index contributed by atoms with van der Waals surface area (Å²) < 4.78 is 5.46. The van der Waals surface area contributed by atoms with Crippen LogP contribution < -0.4 is 0 Å². The Bertz CT molecular complexity index is 527. The second-order valence-corrected chi connectivity index (χ2v) is 7.55. The van der Waals surface area contributed by atoms with E-state index in [4.69, 9.17) is 4.74 Å². The molecular weight excluding hydrogens is 302 g/mol. The van der Waals surface area contributed by atoms with E-state index >= 15 is 0 Å². The lowest BCUT2D eigenvalue weighted by atomic mass is 10.1. The minimum atomic E-state index is -0.522. The van der Waals surface area contributed by atoms with Gasteiger partial charge in [-0.25, -0.2) is 4.79 Å². The first-order valence-corrected chi connectivity index (χ1v) is 8.26. The summed E-state index contributed by atoms with van der Waals surface area (Å²) >= 11 is 1.33. The zero-order valence-electron chi connectivity index (χ0n) is 13.7. The van der Waals surface area contributed by atoms with Crippen LogP contribution in [0.3, 0.4) is 0 Å². The average molecular weight is 325 g/mol. The third kappa shape index (κ3) is 3.76. The normalized spacial score (nSPS) is 22.6. The van der Waals surface area contributed by atoms with Crippen LogP contribution in [0.1, 0.15) is 44.3 Å². The van der Waals surface area contributed by atoms with Crippen LogP contribution in [0, 0.1) is 0 Å². The van der Waals surface area contributed by atoms with E-state index in [-0.39, 0.29) is 24.1 Å². The van der Waals surface area contributed by atoms with Gasteiger partial charge in [0.25, 0.3) is 5.91 Å². The molecule has 0 spiro atoms. The number of thiazole rings is 1. The van der Waals surface area contributed by atoms with Crippen LogP contribution in [0.15, 0.2) is 11.7 Å². The molecule has 0 saturated carbocycles. The quantitative estimate of drug-likeness (QED) is 0.796. The third-order valence-corrected chi connectivity index (χ3v) is 4.21. The van der Waals surface area contributed by atoms with Crippen molar-refractivity contribution in [3.63, 3.8) is 0 Å². The highest BCUT2D eigenvalue weighted by molar-refractivity contribution is 7.11. The van der Waals surface area contributed by atoms with Crippen molar-refractivity contribution in [2.24, 2.45) is 0 Å². The maximum Gasteiger partial charge on any atom is 0.410 e. The maximum atomic E-state index is 12.4. The molecule has 0 aromatic carbocycles. The van der Waals surface area contributed by atoms with E-state index in [0.29, 0.717) is 18.0 Å². The molecule has 0 radical (unpaired) electrons. The Morgan fingerprint density at radius 1 is 1.27 bits per heavy atom. The molecule has 122 valence electrons. The summed E-state index contributed by atoms with van der Waals surface area (Å²) in [7, 11) is 0. The molecule has 1 aliphatic heterocycles. The summed E-state index contributed by atoms with van der Waals surface area (Å²) in [6.45, 7) is 10.4. The van der Waals surface area contributed by atoms with Gasteiger partial charge in [-0.15, -0.1) is 11.3 Å². The Kier molecular flexibility index (Phi) is 4.75. The predicted octanol–water partition coefficient (Wildman–Crippen LogP) is 2.61. The van der Waals surface area contributed by atoms with Crippen molar-refractivity contribution in [3.05, 3.63) is 16.6 Å². The van der Waals surface area contributed by atoms with Gasteiger partial charge in [-0.1, -0.05) is 0 Å². The van der Waals surface area contributed by atoms with E-state index in [0.717, 1.165) is 0 Å². The Morgan fingerprint density at radius 3 is 2.32 bits per heavy atom. The molecule has 1 saturated heterocycles. The first kappa shape index (κ1) is 16.7. The first-order valence-electron chi connectivity index (χ1n) is 7.38.